The zero-order valence-electron chi connectivity index (χ0n) is 14.4. The van der Waals surface area contributed by atoms with E-state index in [0.717, 1.165) is 36.7 Å². The van der Waals surface area contributed by atoms with Crippen LogP contribution in [0.1, 0.15) is 30.4 Å². The van der Waals surface area contributed by atoms with Crippen molar-refractivity contribution in [2.24, 2.45) is 11.7 Å². The Morgan fingerprint density at radius 1 is 1.04 bits per heavy atom. The zero-order chi connectivity index (χ0) is 16.8. The molecule has 128 valence electrons. The van der Waals surface area contributed by atoms with Crippen LogP contribution in [-0.2, 0) is 12.8 Å². The number of hydrogen-bond donors (Lipinski definition) is 1. The van der Waals surface area contributed by atoms with E-state index in [-0.39, 0.29) is 6.04 Å². The van der Waals surface area contributed by atoms with E-state index in [9.17, 15) is 0 Å². The summed E-state index contributed by atoms with van der Waals surface area (Å²) < 4.78 is 11.4. The smallest absolute Gasteiger partial charge is 0.161 e. The molecule has 0 amide bonds. The molecule has 2 aromatic carbocycles. The highest BCUT2D eigenvalue weighted by Crippen LogP contribution is 2.34. The molecule has 3 nitrogen and oxygen atoms in total. The van der Waals surface area contributed by atoms with E-state index in [2.05, 4.69) is 36.4 Å². The summed E-state index contributed by atoms with van der Waals surface area (Å²) in [5.41, 5.74) is 8.77. The molecular formula is C21H27NO2. The molecule has 2 aromatic rings. The van der Waals surface area contributed by atoms with Crippen molar-refractivity contribution in [3.63, 3.8) is 0 Å². The topological polar surface area (TPSA) is 44.5 Å². The molecule has 24 heavy (non-hydrogen) atoms. The van der Waals surface area contributed by atoms with Gasteiger partial charge < -0.3 is 15.2 Å². The van der Waals surface area contributed by atoms with Gasteiger partial charge in [-0.25, -0.2) is 0 Å². The number of hydrogen-bond acceptors (Lipinski definition) is 3. The highest BCUT2D eigenvalue weighted by molar-refractivity contribution is 5.43. The Balaban J connectivity index is 1.58. The molecule has 1 fully saturated rings. The molecule has 1 unspecified atom stereocenters. The first kappa shape index (κ1) is 16.8. The van der Waals surface area contributed by atoms with Gasteiger partial charge in [0.15, 0.2) is 11.5 Å². The second-order valence-electron chi connectivity index (χ2n) is 6.71. The Morgan fingerprint density at radius 3 is 2.54 bits per heavy atom. The van der Waals surface area contributed by atoms with Crippen molar-refractivity contribution >= 4 is 0 Å². The van der Waals surface area contributed by atoms with Crippen molar-refractivity contribution in [1.82, 2.24) is 0 Å². The lowest BCUT2D eigenvalue weighted by Crippen LogP contribution is -2.23. The third-order valence-corrected chi connectivity index (χ3v) is 4.55. The van der Waals surface area contributed by atoms with Crippen LogP contribution in [0.15, 0.2) is 48.5 Å². The van der Waals surface area contributed by atoms with Gasteiger partial charge >= 0.3 is 0 Å². The lowest BCUT2D eigenvalue weighted by atomic mass is 10.0. The number of nitrogens with two attached hydrogens (primary N) is 1. The Hall–Kier alpha value is -2.00. The zero-order valence-corrected chi connectivity index (χ0v) is 14.4. The molecule has 0 saturated heterocycles. The fourth-order valence-electron chi connectivity index (χ4n) is 3.05. The molecule has 0 aromatic heterocycles. The van der Waals surface area contributed by atoms with Crippen molar-refractivity contribution < 1.29 is 9.47 Å². The van der Waals surface area contributed by atoms with Gasteiger partial charge in [-0.1, -0.05) is 49.2 Å². The molecule has 0 aliphatic heterocycles. The number of benzene rings is 2. The summed E-state index contributed by atoms with van der Waals surface area (Å²) in [4.78, 5) is 0. The van der Waals surface area contributed by atoms with Crippen LogP contribution in [0.3, 0.4) is 0 Å². The van der Waals surface area contributed by atoms with Crippen LogP contribution < -0.4 is 15.2 Å². The van der Waals surface area contributed by atoms with Crippen LogP contribution >= 0.6 is 0 Å². The molecule has 1 aliphatic rings. The summed E-state index contributed by atoms with van der Waals surface area (Å²) in [5, 5.41) is 0. The lowest BCUT2D eigenvalue weighted by molar-refractivity contribution is 0.297. The van der Waals surface area contributed by atoms with E-state index in [1.165, 1.54) is 24.0 Å². The molecule has 0 heterocycles. The van der Waals surface area contributed by atoms with E-state index in [1.807, 2.05) is 12.1 Å². The molecule has 1 atom stereocenters. The summed E-state index contributed by atoms with van der Waals surface area (Å²) in [6.07, 6.45) is 5.62. The monoisotopic (exact) mass is 325 g/mol. The maximum atomic E-state index is 6.27. The minimum absolute atomic E-state index is 0.239. The standard InChI is InChI=1S/C21H27NO2/c1-23-20-10-9-18(14-19(22)13-17-7-8-17)15-21(20)24-12-11-16-5-3-2-4-6-16/h2-6,9-10,15,17,19H,7-8,11-14,22H2,1H3. The summed E-state index contributed by atoms with van der Waals surface area (Å²) in [5.74, 6) is 2.45. The van der Waals surface area contributed by atoms with Crippen LogP contribution in [0, 0.1) is 5.92 Å². The molecule has 1 saturated carbocycles. The summed E-state index contributed by atoms with van der Waals surface area (Å²) in [6, 6.07) is 16.8. The number of methoxy groups -OCH3 is 1. The third-order valence-electron chi connectivity index (χ3n) is 4.55. The second kappa shape index (κ2) is 8.20. The molecule has 3 heteroatoms. The quantitative estimate of drug-likeness (QED) is 0.758. The molecule has 0 bridgehead atoms. The fourth-order valence-corrected chi connectivity index (χ4v) is 3.05. The van der Waals surface area contributed by atoms with Crippen LogP contribution in [0.2, 0.25) is 0 Å². The molecule has 1 aliphatic carbocycles. The van der Waals surface area contributed by atoms with Gasteiger partial charge in [0.05, 0.1) is 13.7 Å². The van der Waals surface area contributed by atoms with Crippen molar-refractivity contribution in [2.75, 3.05) is 13.7 Å². The third kappa shape index (κ3) is 5.00. The highest BCUT2D eigenvalue weighted by atomic mass is 16.5. The second-order valence-corrected chi connectivity index (χ2v) is 6.71. The largest absolute Gasteiger partial charge is 0.493 e. The minimum atomic E-state index is 0.239. The van der Waals surface area contributed by atoms with Gasteiger partial charge in [-0.15, -0.1) is 0 Å². The van der Waals surface area contributed by atoms with Crippen LogP contribution in [0.5, 0.6) is 11.5 Å². The highest BCUT2D eigenvalue weighted by Gasteiger charge is 2.24. The summed E-state index contributed by atoms with van der Waals surface area (Å²) >= 11 is 0. The SMILES string of the molecule is COc1ccc(CC(N)CC2CC2)cc1OCCc1ccccc1. The van der Waals surface area contributed by atoms with Gasteiger partial charge in [0.25, 0.3) is 0 Å². The summed E-state index contributed by atoms with van der Waals surface area (Å²) in [6.45, 7) is 0.637. The van der Waals surface area contributed by atoms with Gasteiger partial charge in [0.2, 0.25) is 0 Å². The minimum Gasteiger partial charge on any atom is -0.493 e. The van der Waals surface area contributed by atoms with Crippen LogP contribution in [0.4, 0.5) is 0 Å². The summed E-state index contributed by atoms with van der Waals surface area (Å²) in [7, 11) is 1.68. The van der Waals surface area contributed by atoms with Crippen molar-refractivity contribution in [1.29, 1.82) is 0 Å². The number of rotatable bonds is 9. The van der Waals surface area contributed by atoms with E-state index < -0.39 is 0 Å². The first-order chi connectivity index (χ1) is 11.7. The maximum absolute atomic E-state index is 6.27. The predicted molar refractivity (Wildman–Crippen MR) is 97.7 cm³/mol. The molecular weight excluding hydrogens is 298 g/mol. The molecule has 2 N–H and O–H groups in total. The van der Waals surface area contributed by atoms with E-state index >= 15 is 0 Å². The Bertz CT molecular complexity index is 638. The number of ether oxygens (including phenoxy) is 2. The van der Waals surface area contributed by atoms with Gasteiger partial charge in [-0.2, -0.15) is 0 Å². The van der Waals surface area contributed by atoms with Gasteiger partial charge in [0.1, 0.15) is 0 Å². The van der Waals surface area contributed by atoms with Crippen molar-refractivity contribution in [2.45, 2.75) is 38.1 Å². The molecule has 3 rings (SSSR count). The Morgan fingerprint density at radius 2 is 1.83 bits per heavy atom. The molecule has 0 spiro atoms. The lowest BCUT2D eigenvalue weighted by Gasteiger charge is -2.15. The van der Waals surface area contributed by atoms with Gasteiger partial charge in [0, 0.05) is 12.5 Å². The first-order valence-electron chi connectivity index (χ1n) is 8.84. The maximum Gasteiger partial charge on any atom is 0.161 e. The van der Waals surface area contributed by atoms with E-state index in [1.54, 1.807) is 7.11 Å². The van der Waals surface area contributed by atoms with Crippen LogP contribution in [0.25, 0.3) is 0 Å². The van der Waals surface area contributed by atoms with Gasteiger partial charge in [-0.3, -0.25) is 0 Å². The van der Waals surface area contributed by atoms with Gasteiger partial charge in [-0.05, 0) is 42.0 Å². The normalized spacial score (nSPS) is 15.1. The van der Waals surface area contributed by atoms with E-state index in [4.69, 9.17) is 15.2 Å². The first-order valence-corrected chi connectivity index (χ1v) is 8.84. The predicted octanol–water partition coefficient (Wildman–Crippen LogP) is 3.99. The van der Waals surface area contributed by atoms with Crippen LogP contribution in [-0.4, -0.2) is 19.8 Å². The Labute approximate surface area is 144 Å². The average Bonchev–Trinajstić information content (AvgIpc) is 3.40. The van der Waals surface area contributed by atoms with Crippen molar-refractivity contribution in [3.8, 4) is 11.5 Å². The van der Waals surface area contributed by atoms with Crippen molar-refractivity contribution in [3.05, 3.63) is 59.7 Å². The fraction of sp³-hybridized carbons (Fsp3) is 0.429. The van der Waals surface area contributed by atoms with E-state index in [0.29, 0.717) is 6.61 Å². The Kier molecular flexibility index (Phi) is 5.76. The molecule has 0 radical (unpaired) electrons. The average molecular weight is 325 g/mol.